The lowest BCUT2D eigenvalue weighted by Crippen LogP contribution is -2.33. The van der Waals surface area contributed by atoms with Crippen LogP contribution in [-0.4, -0.2) is 30.0 Å². The summed E-state index contributed by atoms with van der Waals surface area (Å²) < 4.78 is 10.2. The molecular formula is C21H24N2O6. The Morgan fingerprint density at radius 1 is 1.03 bits per heavy atom. The van der Waals surface area contributed by atoms with Gasteiger partial charge in [0.2, 0.25) is 0 Å². The van der Waals surface area contributed by atoms with Gasteiger partial charge in [0, 0.05) is 12.1 Å². The summed E-state index contributed by atoms with van der Waals surface area (Å²) >= 11 is 0. The first kappa shape index (κ1) is 21.9. The van der Waals surface area contributed by atoms with Crippen molar-refractivity contribution >= 4 is 17.6 Å². The molecule has 0 aliphatic rings. The Balaban J connectivity index is 1.79. The summed E-state index contributed by atoms with van der Waals surface area (Å²) in [4.78, 5) is 34.1. The van der Waals surface area contributed by atoms with Gasteiger partial charge in [0.25, 0.3) is 11.6 Å². The number of amides is 1. The molecule has 0 saturated carbocycles. The summed E-state index contributed by atoms with van der Waals surface area (Å²) in [6.07, 6.45) is 0.757. The zero-order valence-electron chi connectivity index (χ0n) is 16.4. The molecule has 0 fully saturated rings. The van der Waals surface area contributed by atoms with E-state index in [9.17, 15) is 19.7 Å². The van der Waals surface area contributed by atoms with Crippen molar-refractivity contribution in [2.24, 2.45) is 5.92 Å². The Kier molecular flexibility index (Phi) is 8.14. The summed E-state index contributed by atoms with van der Waals surface area (Å²) in [5.74, 6) is -0.446. The molecule has 8 heteroatoms. The van der Waals surface area contributed by atoms with Crippen LogP contribution >= 0.6 is 0 Å². The van der Waals surface area contributed by atoms with Gasteiger partial charge in [0.05, 0.1) is 11.0 Å². The highest BCUT2D eigenvalue weighted by Crippen LogP contribution is 2.21. The molecule has 0 unspecified atom stereocenters. The van der Waals surface area contributed by atoms with Crippen molar-refractivity contribution in [3.05, 3.63) is 70.3 Å². The van der Waals surface area contributed by atoms with E-state index in [-0.39, 0.29) is 17.5 Å². The molecule has 29 heavy (non-hydrogen) atoms. The number of carbonyl (C=O) groups excluding carboxylic acids is 2. The van der Waals surface area contributed by atoms with E-state index in [4.69, 9.17) is 9.47 Å². The molecule has 2 aromatic carbocycles. The first-order chi connectivity index (χ1) is 13.8. The molecule has 1 atom stereocenters. The number of hydrogen-bond donors (Lipinski definition) is 1. The fourth-order valence-corrected chi connectivity index (χ4v) is 2.67. The Morgan fingerprint density at radius 2 is 1.69 bits per heavy atom. The summed E-state index contributed by atoms with van der Waals surface area (Å²) in [6.45, 7) is 3.32. The summed E-state index contributed by atoms with van der Waals surface area (Å²) in [5.41, 5.74) is 0.911. The van der Waals surface area contributed by atoms with E-state index in [0.29, 0.717) is 5.92 Å². The number of rotatable bonds is 10. The molecule has 2 aromatic rings. The number of nitro groups is 1. The maximum atomic E-state index is 12.2. The smallest absolute Gasteiger partial charge is 0.344 e. The van der Waals surface area contributed by atoms with E-state index in [1.54, 1.807) is 0 Å². The van der Waals surface area contributed by atoms with Gasteiger partial charge < -0.3 is 14.8 Å². The minimum absolute atomic E-state index is 0.0778. The molecule has 0 saturated heterocycles. The summed E-state index contributed by atoms with van der Waals surface area (Å²) in [6, 6.07) is 14.7. The number of esters is 1. The Morgan fingerprint density at radius 3 is 2.28 bits per heavy atom. The maximum absolute atomic E-state index is 12.2. The Bertz CT molecular complexity index is 821. The van der Waals surface area contributed by atoms with Crippen molar-refractivity contribution in [1.82, 2.24) is 5.32 Å². The molecule has 0 heterocycles. The van der Waals surface area contributed by atoms with Crippen LogP contribution in [0.4, 0.5) is 5.69 Å². The van der Waals surface area contributed by atoms with Crippen molar-refractivity contribution in [1.29, 1.82) is 0 Å². The van der Waals surface area contributed by atoms with Gasteiger partial charge in [-0.15, -0.1) is 0 Å². The first-order valence-electron chi connectivity index (χ1n) is 9.22. The number of ether oxygens (including phenoxy) is 2. The van der Waals surface area contributed by atoms with E-state index in [1.165, 1.54) is 24.3 Å². The van der Waals surface area contributed by atoms with Crippen molar-refractivity contribution in [3.63, 3.8) is 0 Å². The molecule has 0 spiro atoms. The van der Waals surface area contributed by atoms with E-state index >= 15 is 0 Å². The van der Waals surface area contributed by atoms with Gasteiger partial charge in [-0.1, -0.05) is 44.2 Å². The summed E-state index contributed by atoms with van der Waals surface area (Å²) in [7, 11) is 0. The second-order valence-electron chi connectivity index (χ2n) is 6.86. The molecule has 154 valence electrons. The van der Waals surface area contributed by atoms with Crippen LogP contribution in [0.25, 0.3) is 0 Å². The molecule has 2 rings (SSSR count). The molecule has 0 aliphatic heterocycles. The zero-order chi connectivity index (χ0) is 21.2. The van der Waals surface area contributed by atoms with Crippen LogP contribution in [0.15, 0.2) is 54.6 Å². The average molecular weight is 400 g/mol. The molecule has 0 aliphatic carbocycles. The van der Waals surface area contributed by atoms with Gasteiger partial charge in [0.15, 0.2) is 13.2 Å². The van der Waals surface area contributed by atoms with Gasteiger partial charge in [-0.25, -0.2) is 4.79 Å². The van der Waals surface area contributed by atoms with Gasteiger partial charge in [-0.2, -0.15) is 0 Å². The SMILES string of the molecule is CC(C)C[C@H](NC(=O)COC(=O)COc1ccc([N+](=O)[O-])cc1)c1ccccc1. The third-order valence-corrected chi connectivity index (χ3v) is 4.01. The second kappa shape index (κ2) is 10.8. The lowest BCUT2D eigenvalue weighted by molar-refractivity contribution is -0.384. The number of nitrogens with one attached hydrogen (secondary N) is 1. The first-order valence-corrected chi connectivity index (χ1v) is 9.22. The molecule has 0 aromatic heterocycles. The van der Waals surface area contributed by atoms with Crippen LogP contribution in [0.3, 0.4) is 0 Å². The predicted octanol–water partition coefficient (Wildman–Crippen LogP) is 3.42. The van der Waals surface area contributed by atoms with Crippen LogP contribution < -0.4 is 10.1 Å². The molecule has 8 nitrogen and oxygen atoms in total. The predicted molar refractivity (Wildman–Crippen MR) is 106 cm³/mol. The van der Waals surface area contributed by atoms with Gasteiger partial charge >= 0.3 is 5.97 Å². The van der Waals surface area contributed by atoms with Crippen molar-refractivity contribution < 1.29 is 24.0 Å². The Hall–Kier alpha value is -3.42. The molecule has 0 radical (unpaired) electrons. The van der Waals surface area contributed by atoms with Crippen LogP contribution in [0.1, 0.15) is 31.9 Å². The molecule has 0 bridgehead atoms. The minimum Gasteiger partial charge on any atom is -0.482 e. The van der Waals surface area contributed by atoms with E-state index < -0.39 is 30.0 Å². The fraction of sp³-hybridized carbons (Fsp3) is 0.333. The third kappa shape index (κ3) is 7.61. The number of nitro benzene ring substituents is 1. The highest BCUT2D eigenvalue weighted by atomic mass is 16.6. The largest absolute Gasteiger partial charge is 0.482 e. The van der Waals surface area contributed by atoms with Crippen molar-refractivity contribution in [2.75, 3.05) is 13.2 Å². The quantitative estimate of drug-likeness (QED) is 0.372. The van der Waals surface area contributed by atoms with Crippen LogP contribution in [-0.2, 0) is 14.3 Å². The second-order valence-corrected chi connectivity index (χ2v) is 6.86. The maximum Gasteiger partial charge on any atom is 0.344 e. The Labute approximate surface area is 169 Å². The van der Waals surface area contributed by atoms with Gasteiger partial charge in [-0.05, 0) is 30.0 Å². The lowest BCUT2D eigenvalue weighted by atomic mass is 9.97. The van der Waals surface area contributed by atoms with E-state index in [1.807, 2.05) is 30.3 Å². The van der Waals surface area contributed by atoms with E-state index in [0.717, 1.165) is 12.0 Å². The van der Waals surface area contributed by atoms with Crippen LogP contribution in [0, 0.1) is 16.0 Å². The molecule has 1 N–H and O–H groups in total. The summed E-state index contributed by atoms with van der Waals surface area (Å²) in [5, 5.41) is 13.5. The normalized spacial score (nSPS) is 11.6. The van der Waals surface area contributed by atoms with Crippen molar-refractivity contribution in [3.8, 4) is 5.75 Å². The zero-order valence-corrected chi connectivity index (χ0v) is 16.4. The van der Waals surface area contributed by atoms with Crippen molar-refractivity contribution in [2.45, 2.75) is 26.3 Å². The monoisotopic (exact) mass is 400 g/mol. The number of non-ortho nitro benzene ring substituents is 1. The van der Waals surface area contributed by atoms with Crippen LogP contribution in [0.5, 0.6) is 5.75 Å². The molecule has 1 amide bonds. The highest BCUT2D eigenvalue weighted by Gasteiger charge is 2.17. The standard InChI is InChI=1S/C21H24N2O6/c1-15(2)12-19(16-6-4-3-5-7-16)22-20(24)13-29-21(25)14-28-18-10-8-17(9-11-18)23(26)27/h3-11,15,19H,12-14H2,1-2H3,(H,22,24)/t19-/m0/s1. The van der Waals surface area contributed by atoms with Gasteiger partial charge in [-0.3, -0.25) is 14.9 Å². The average Bonchev–Trinajstić information content (AvgIpc) is 2.71. The topological polar surface area (TPSA) is 108 Å². The minimum atomic E-state index is -0.710. The van der Waals surface area contributed by atoms with Crippen LogP contribution in [0.2, 0.25) is 0 Å². The number of benzene rings is 2. The lowest BCUT2D eigenvalue weighted by Gasteiger charge is -2.21. The highest BCUT2D eigenvalue weighted by molar-refractivity contribution is 5.81. The van der Waals surface area contributed by atoms with E-state index in [2.05, 4.69) is 19.2 Å². The number of carbonyl (C=O) groups is 2. The molecular weight excluding hydrogens is 376 g/mol. The fourth-order valence-electron chi connectivity index (χ4n) is 2.67. The number of hydrogen-bond acceptors (Lipinski definition) is 6. The third-order valence-electron chi connectivity index (χ3n) is 4.01. The van der Waals surface area contributed by atoms with Gasteiger partial charge in [0.1, 0.15) is 5.75 Å². The number of nitrogens with zero attached hydrogens (tertiary/aromatic N) is 1.